The highest BCUT2D eigenvalue weighted by molar-refractivity contribution is 7.99. The Morgan fingerprint density at radius 1 is 1.25 bits per heavy atom. The van der Waals surface area contributed by atoms with Crippen LogP contribution in [0.4, 0.5) is 0 Å². The Bertz CT molecular complexity index is 208. The summed E-state index contributed by atoms with van der Waals surface area (Å²) in [4.78, 5) is 9.97. The van der Waals surface area contributed by atoms with E-state index in [0.717, 1.165) is 12.0 Å². The van der Waals surface area contributed by atoms with E-state index in [2.05, 4.69) is 12.1 Å². The monoisotopic (exact) mass is 182 g/mol. The normalized spacial score (nSPS) is 8.67. The zero-order valence-electron chi connectivity index (χ0n) is 6.19. The number of carbonyl (C=O) groups is 1. The van der Waals surface area contributed by atoms with Crippen molar-refractivity contribution in [1.82, 2.24) is 0 Å². The maximum Gasteiger partial charge on any atom is 0.129 e. The molecule has 0 N–H and O–H groups in total. The van der Waals surface area contributed by atoms with Crippen LogP contribution in [0.25, 0.3) is 0 Å². The van der Waals surface area contributed by atoms with Crippen LogP contribution < -0.4 is 0 Å². The quantitative estimate of drug-likeness (QED) is 0.526. The second kappa shape index (κ2) is 6.92. The van der Waals surface area contributed by atoms with E-state index >= 15 is 0 Å². The summed E-state index contributed by atoms with van der Waals surface area (Å²) in [6.07, 6.45) is 0.938. The molecule has 12 heavy (non-hydrogen) atoms. The molecule has 0 bridgehead atoms. The number of aldehydes is 1. The Morgan fingerprint density at radius 2 is 1.92 bits per heavy atom. The van der Waals surface area contributed by atoms with E-state index in [9.17, 15) is 4.79 Å². The number of rotatable bonds is 4. The largest absolute Gasteiger partial charge is 0.302 e. The topological polar surface area (TPSA) is 17.1 Å². The first-order valence-electron chi connectivity index (χ1n) is 3.49. The summed E-state index contributed by atoms with van der Waals surface area (Å²) in [7, 11) is 0. The lowest BCUT2D eigenvalue weighted by atomic mass is 10.2. The minimum absolute atomic E-state index is 0. The Balaban J connectivity index is 0.00000121. The average Bonchev–Trinajstić information content (AvgIpc) is 2.07. The highest BCUT2D eigenvalue weighted by Crippen LogP contribution is 2.09. The third kappa shape index (κ3) is 4.19. The number of hydrogen-bond donors (Lipinski definition) is 0. The van der Waals surface area contributed by atoms with Crippen LogP contribution in [0, 0.1) is 0 Å². The summed E-state index contributed by atoms with van der Waals surface area (Å²) >= 11 is 1.64. The summed E-state index contributed by atoms with van der Waals surface area (Å²) in [6.45, 7) is 0. The van der Waals surface area contributed by atoms with Gasteiger partial charge in [-0.1, -0.05) is 37.8 Å². The first-order valence-corrected chi connectivity index (χ1v) is 4.64. The van der Waals surface area contributed by atoms with Crippen molar-refractivity contribution >= 4 is 18.0 Å². The Morgan fingerprint density at radius 3 is 2.50 bits per heavy atom. The second-order valence-corrected chi connectivity index (χ2v) is 3.20. The molecule has 0 fully saturated rings. The first-order chi connectivity index (χ1) is 5.43. The van der Waals surface area contributed by atoms with Crippen LogP contribution in [-0.2, 0) is 10.5 Å². The Hall–Kier alpha value is -0.760. The molecule has 0 atom stereocenters. The minimum atomic E-state index is 0. The molecular formula is C10H14OS. The van der Waals surface area contributed by atoms with Crippen LogP contribution in [0.1, 0.15) is 13.0 Å². The van der Waals surface area contributed by atoms with E-state index in [1.807, 2.05) is 18.2 Å². The van der Waals surface area contributed by atoms with E-state index in [-0.39, 0.29) is 7.43 Å². The fourth-order valence-corrected chi connectivity index (χ4v) is 1.44. The van der Waals surface area contributed by atoms with Gasteiger partial charge in [-0.2, -0.15) is 0 Å². The van der Waals surface area contributed by atoms with Gasteiger partial charge in [0.05, 0.1) is 0 Å². The second-order valence-electron chi connectivity index (χ2n) is 2.17. The summed E-state index contributed by atoms with van der Waals surface area (Å²) in [5, 5.41) is 0. The number of thioether (sulfide) groups is 1. The van der Waals surface area contributed by atoms with Crippen LogP contribution in [0.3, 0.4) is 0 Å². The maximum absolute atomic E-state index is 9.97. The molecule has 0 radical (unpaired) electrons. The lowest BCUT2D eigenvalue weighted by Crippen LogP contribution is -1.82. The average molecular weight is 182 g/mol. The van der Waals surface area contributed by atoms with Crippen molar-refractivity contribution in [3.63, 3.8) is 0 Å². The van der Waals surface area contributed by atoms with Crippen molar-refractivity contribution < 1.29 is 4.79 Å². The van der Waals surface area contributed by atoms with E-state index in [1.54, 1.807) is 11.8 Å². The van der Waals surface area contributed by atoms with Crippen molar-refractivity contribution in [2.45, 2.75) is 13.2 Å². The Kier molecular flexibility index (Phi) is 6.48. The standard InChI is InChI=1S/C9H10OS.CH4/c10-6-7-11-8-9-4-2-1-3-5-9;/h1-6H,7-8H2;1H4. The van der Waals surface area contributed by atoms with Gasteiger partial charge in [-0.25, -0.2) is 0 Å². The highest BCUT2D eigenvalue weighted by Gasteiger charge is 1.89. The van der Waals surface area contributed by atoms with E-state index in [4.69, 9.17) is 0 Å². The molecule has 1 aromatic carbocycles. The molecule has 0 aromatic heterocycles. The number of hydrogen-bond acceptors (Lipinski definition) is 2. The zero-order chi connectivity index (χ0) is 7.94. The molecule has 0 aliphatic carbocycles. The first kappa shape index (κ1) is 11.2. The van der Waals surface area contributed by atoms with E-state index < -0.39 is 0 Å². The molecule has 0 amide bonds. The molecule has 1 rings (SSSR count). The number of carbonyl (C=O) groups excluding carboxylic acids is 1. The van der Waals surface area contributed by atoms with Crippen LogP contribution in [0.15, 0.2) is 30.3 Å². The molecule has 2 heteroatoms. The van der Waals surface area contributed by atoms with Crippen LogP contribution in [-0.4, -0.2) is 12.0 Å². The van der Waals surface area contributed by atoms with Gasteiger partial charge in [-0.05, 0) is 5.56 Å². The smallest absolute Gasteiger partial charge is 0.129 e. The van der Waals surface area contributed by atoms with E-state index in [1.165, 1.54) is 5.56 Å². The van der Waals surface area contributed by atoms with Gasteiger partial charge in [0.2, 0.25) is 0 Å². The molecule has 0 spiro atoms. The molecule has 0 unspecified atom stereocenters. The highest BCUT2D eigenvalue weighted by atomic mass is 32.2. The third-order valence-electron chi connectivity index (χ3n) is 1.30. The SMILES string of the molecule is C.O=CCSCc1ccccc1. The van der Waals surface area contributed by atoms with Crippen molar-refractivity contribution in [3.05, 3.63) is 35.9 Å². The van der Waals surface area contributed by atoms with Gasteiger partial charge in [0.1, 0.15) is 6.29 Å². The van der Waals surface area contributed by atoms with Gasteiger partial charge in [0, 0.05) is 11.5 Å². The van der Waals surface area contributed by atoms with Gasteiger partial charge in [-0.3, -0.25) is 0 Å². The van der Waals surface area contributed by atoms with Gasteiger partial charge in [-0.15, -0.1) is 11.8 Å². The summed E-state index contributed by atoms with van der Waals surface area (Å²) < 4.78 is 0. The molecule has 1 nitrogen and oxygen atoms in total. The summed E-state index contributed by atoms with van der Waals surface area (Å²) in [5.74, 6) is 1.52. The van der Waals surface area contributed by atoms with Crippen LogP contribution in [0.5, 0.6) is 0 Å². The van der Waals surface area contributed by atoms with Crippen molar-refractivity contribution in [2.75, 3.05) is 5.75 Å². The van der Waals surface area contributed by atoms with Crippen molar-refractivity contribution in [1.29, 1.82) is 0 Å². The van der Waals surface area contributed by atoms with Gasteiger partial charge < -0.3 is 4.79 Å². The van der Waals surface area contributed by atoms with Gasteiger partial charge >= 0.3 is 0 Å². The molecular weight excluding hydrogens is 168 g/mol. The Labute approximate surface area is 78.2 Å². The predicted octanol–water partition coefficient (Wildman–Crippen LogP) is 2.75. The van der Waals surface area contributed by atoms with Crippen LogP contribution in [0.2, 0.25) is 0 Å². The molecule has 0 aliphatic rings. The van der Waals surface area contributed by atoms with Gasteiger partial charge in [0.15, 0.2) is 0 Å². The fourth-order valence-electron chi connectivity index (χ4n) is 0.799. The number of benzene rings is 1. The summed E-state index contributed by atoms with van der Waals surface area (Å²) in [5.41, 5.74) is 1.28. The maximum atomic E-state index is 9.97. The summed E-state index contributed by atoms with van der Waals surface area (Å²) in [6, 6.07) is 10.1. The van der Waals surface area contributed by atoms with Gasteiger partial charge in [0.25, 0.3) is 0 Å². The molecule has 66 valence electrons. The molecule has 0 aliphatic heterocycles. The van der Waals surface area contributed by atoms with E-state index in [0.29, 0.717) is 5.75 Å². The molecule has 0 saturated carbocycles. The minimum Gasteiger partial charge on any atom is -0.302 e. The zero-order valence-corrected chi connectivity index (χ0v) is 7.01. The lowest BCUT2D eigenvalue weighted by molar-refractivity contribution is -0.105. The predicted molar refractivity (Wildman–Crippen MR) is 55.4 cm³/mol. The molecule has 1 aromatic rings. The third-order valence-corrected chi connectivity index (χ3v) is 2.21. The van der Waals surface area contributed by atoms with Crippen molar-refractivity contribution in [3.8, 4) is 0 Å². The lowest BCUT2D eigenvalue weighted by Gasteiger charge is -1.96. The fraction of sp³-hybridized carbons (Fsp3) is 0.300. The molecule has 0 saturated heterocycles. The molecule has 0 heterocycles. The van der Waals surface area contributed by atoms with Crippen molar-refractivity contribution in [2.24, 2.45) is 0 Å². The van der Waals surface area contributed by atoms with Crippen LogP contribution >= 0.6 is 11.8 Å².